The van der Waals surface area contributed by atoms with E-state index in [1.807, 2.05) is 6.92 Å². The van der Waals surface area contributed by atoms with Crippen LogP contribution in [0.25, 0.3) is 0 Å². The van der Waals surface area contributed by atoms with Crippen molar-refractivity contribution in [2.45, 2.75) is 44.7 Å². The standard InChI is InChI=1S/C22H30F3N7O2S/c1-14-17(28-19(35-14)15-5-10-31(2)11-6-15)29-20-27-13-16(22(23,24)25)18(30-20)26-7-3-8-32-9-4-12-34-21(32)33/h13,15H,3-12H2,1-2H3,(H2,26,27,29,30). The number of likely N-dealkylation sites (tertiary alicyclic amines) is 1. The number of aryl methyl sites for hydroxylation is 1. The second kappa shape index (κ2) is 10.9. The van der Waals surface area contributed by atoms with E-state index in [1.165, 1.54) is 0 Å². The molecule has 192 valence electrons. The normalized spacial score (nSPS) is 18.0. The van der Waals surface area contributed by atoms with Crippen molar-refractivity contribution >= 4 is 35.0 Å². The summed E-state index contributed by atoms with van der Waals surface area (Å²) in [5.74, 6) is 0.690. The Hall–Kier alpha value is -2.67. The Balaban J connectivity index is 1.42. The number of hydrogen-bond acceptors (Lipinski definition) is 9. The number of piperidine rings is 1. The molecule has 0 spiro atoms. The van der Waals surface area contributed by atoms with E-state index < -0.39 is 11.7 Å². The zero-order valence-corrected chi connectivity index (χ0v) is 20.6. The van der Waals surface area contributed by atoms with Crippen LogP contribution in [0.1, 0.15) is 47.0 Å². The molecular weight excluding hydrogens is 483 g/mol. The Bertz CT molecular complexity index is 1020. The molecule has 13 heteroatoms. The summed E-state index contributed by atoms with van der Waals surface area (Å²) >= 11 is 1.60. The molecule has 1 amide bonds. The quantitative estimate of drug-likeness (QED) is 0.500. The van der Waals surface area contributed by atoms with Crippen molar-refractivity contribution in [3.8, 4) is 0 Å². The fourth-order valence-corrected chi connectivity index (χ4v) is 5.18. The third-order valence-corrected chi connectivity index (χ3v) is 7.29. The highest BCUT2D eigenvalue weighted by Crippen LogP contribution is 2.36. The van der Waals surface area contributed by atoms with Gasteiger partial charge < -0.3 is 25.2 Å². The maximum absolute atomic E-state index is 13.5. The van der Waals surface area contributed by atoms with Gasteiger partial charge in [-0.15, -0.1) is 11.3 Å². The van der Waals surface area contributed by atoms with Crippen LogP contribution in [0.4, 0.5) is 35.5 Å². The molecule has 2 fully saturated rings. The lowest BCUT2D eigenvalue weighted by Crippen LogP contribution is -2.38. The summed E-state index contributed by atoms with van der Waals surface area (Å²) < 4.78 is 45.6. The first kappa shape index (κ1) is 25.4. The van der Waals surface area contributed by atoms with Gasteiger partial charge in [0.15, 0.2) is 0 Å². The van der Waals surface area contributed by atoms with E-state index in [-0.39, 0.29) is 24.4 Å². The van der Waals surface area contributed by atoms with Crippen LogP contribution in [-0.2, 0) is 10.9 Å². The van der Waals surface area contributed by atoms with Gasteiger partial charge in [-0.3, -0.25) is 0 Å². The lowest BCUT2D eigenvalue weighted by Gasteiger charge is -2.27. The molecule has 0 saturated carbocycles. The zero-order chi connectivity index (χ0) is 25.0. The first-order valence-corrected chi connectivity index (χ1v) is 12.5. The molecule has 4 heterocycles. The molecule has 9 nitrogen and oxygen atoms in total. The van der Waals surface area contributed by atoms with E-state index in [2.05, 4.69) is 32.5 Å². The molecule has 2 aromatic heterocycles. The molecule has 0 aliphatic carbocycles. The molecule has 35 heavy (non-hydrogen) atoms. The number of anilines is 3. The van der Waals surface area contributed by atoms with Crippen LogP contribution in [0.5, 0.6) is 0 Å². The SMILES string of the molecule is Cc1sc(C2CCN(C)CC2)nc1Nc1ncc(C(F)(F)F)c(NCCCN2CCCOC2=O)n1. The van der Waals surface area contributed by atoms with Gasteiger partial charge in [0.2, 0.25) is 5.95 Å². The van der Waals surface area contributed by atoms with E-state index >= 15 is 0 Å². The Morgan fingerprint density at radius 1 is 1.20 bits per heavy atom. The fourth-order valence-electron chi connectivity index (χ4n) is 4.13. The number of nitrogens with zero attached hydrogens (tertiary/aromatic N) is 5. The number of halogens is 3. The van der Waals surface area contributed by atoms with Crippen molar-refractivity contribution in [2.24, 2.45) is 0 Å². The molecule has 0 atom stereocenters. The Morgan fingerprint density at radius 3 is 2.69 bits per heavy atom. The summed E-state index contributed by atoms with van der Waals surface area (Å²) in [7, 11) is 2.10. The Labute approximate surface area is 206 Å². The van der Waals surface area contributed by atoms with Crippen molar-refractivity contribution < 1.29 is 22.7 Å². The predicted molar refractivity (Wildman–Crippen MR) is 127 cm³/mol. The largest absolute Gasteiger partial charge is 0.449 e. The van der Waals surface area contributed by atoms with Gasteiger partial charge in [-0.05, 0) is 52.7 Å². The highest BCUT2D eigenvalue weighted by molar-refractivity contribution is 7.12. The maximum atomic E-state index is 13.5. The minimum atomic E-state index is -4.60. The van der Waals surface area contributed by atoms with Crippen LogP contribution in [0.2, 0.25) is 0 Å². The van der Waals surface area contributed by atoms with Crippen LogP contribution in [0, 0.1) is 6.92 Å². The first-order chi connectivity index (χ1) is 16.7. The van der Waals surface area contributed by atoms with Crippen LogP contribution in [-0.4, -0.2) is 77.2 Å². The van der Waals surface area contributed by atoms with Crippen LogP contribution >= 0.6 is 11.3 Å². The topological polar surface area (TPSA) is 95.5 Å². The van der Waals surface area contributed by atoms with Crippen molar-refractivity contribution in [1.29, 1.82) is 0 Å². The van der Waals surface area contributed by atoms with E-state index in [1.54, 1.807) is 16.2 Å². The zero-order valence-electron chi connectivity index (χ0n) is 19.8. The van der Waals surface area contributed by atoms with Gasteiger partial charge in [-0.25, -0.2) is 14.8 Å². The summed E-state index contributed by atoms with van der Waals surface area (Å²) in [6.07, 6.45) is -0.961. The molecule has 0 radical (unpaired) electrons. The third kappa shape index (κ3) is 6.51. The molecule has 2 N–H and O–H groups in total. The minimum Gasteiger partial charge on any atom is -0.449 e. The van der Waals surface area contributed by atoms with E-state index in [0.717, 1.165) is 48.4 Å². The molecule has 2 aliphatic rings. The predicted octanol–water partition coefficient (Wildman–Crippen LogP) is 4.46. The third-order valence-electron chi connectivity index (χ3n) is 6.16. The van der Waals surface area contributed by atoms with Crippen molar-refractivity contribution in [3.05, 3.63) is 21.6 Å². The van der Waals surface area contributed by atoms with Crippen LogP contribution < -0.4 is 10.6 Å². The van der Waals surface area contributed by atoms with Crippen molar-refractivity contribution in [3.63, 3.8) is 0 Å². The smallest absolute Gasteiger partial charge is 0.421 e. The Kier molecular flexibility index (Phi) is 7.95. The molecule has 0 bridgehead atoms. The molecule has 2 aromatic rings. The van der Waals surface area contributed by atoms with Gasteiger partial charge in [0.25, 0.3) is 0 Å². The van der Waals surface area contributed by atoms with Crippen molar-refractivity contribution in [1.82, 2.24) is 24.8 Å². The highest BCUT2D eigenvalue weighted by atomic mass is 32.1. The fraction of sp³-hybridized carbons (Fsp3) is 0.636. The number of nitrogens with one attached hydrogen (secondary N) is 2. The van der Waals surface area contributed by atoms with E-state index in [0.29, 0.717) is 37.9 Å². The summed E-state index contributed by atoms with van der Waals surface area (Å²) in [5.41, 5.74) is -0.942. The van der Waals surface area contributed by atoms with Gasteiger partial charge in [0.05, 0.1) is 11.6 Å². The molecule has 2 aliphatic heterocycles. The van der Waals surface area contributed by atoms with E-state index in [9.17, 15) is 18.0 Å². The number of carbonyl (C=O) groups excluding carboxylic acids is 1. The lowest BCUT2D eigenvalue weighted by atomic mass is 9.98. The van der Waals surface area contributed by atoms with Crippen LogP contribution in [0.15, 0.2) is 6.20 Å². The number of alkyl halides is 3. The van der Waals surface area contributed by atoms with Gasteiger partial charge in [-0.1, -0.05) is 0 Å². The lowest BCUT2D eigenvalue weighted by molar-refractivity contribution is -0.137. The van der Waals surface area contributed by atoms with Gasteiger partial charge in [0.1, 0.15) is 17.2 Å². The Morgan fingerprint density at radius 2 is 1.97 bits per heavy atom. The van der Waals surface area contributed by atoms with Crippen LogP contribution in [0.3, 0.4) is 0 Å². The van der Waals surface area contributed by atoms with Gasteiger partial charge in [0, 0.05) is 36.6 Å². The maximum Gasteiger partial charge on any atom is 0.421 e. The number of cyclic esters (lactones) is 1. The number of aromatic nitrogens is 3. The number of amides is 1. The van der Waals surface area contributed by atoms with Gasteiger partial charge >= 0.3 is 12.3 Å². The minimum absolute atomic E-state index is 0.0448. The number of thiazole rings is 1. The average Bonchev–Trinajstić information content (AvgIpc) is 3.17. The number of ether oxygens (including phenoxy) is 1. The monoisotopic (exact) mass is 513 g/mol. The molecule has 2 saturated heterocycles. The summed E-state index contributed by atoms with van der Waals surface area (Å²) in [5, 5.41) is 6.79. The second-order valence-corrected chi connectivity index (χ2v) is 10.1. The summed E-state index contributed by atoms with van der Waals surface area (Å²) in [6.45, 7) is 5.54. The number of rotatable bonds is 8. The molecular formula is C22H30F3N7O2S. The average molecular weight is 514 g/mol. The second-order valence-electron chi connectivity index (χ2n) is 8.85. The van der Waals surface area contributed by atoms with E-state index in [4.69, 9.17) is 9.72 Å². The molecule has 4 rings (SSSR count). The number of hydrogen-bond donors (Lipinski definition) is 2. The van der Waals surface area contributed by atoms with Crippen molar-refractivity contribution in [2.75, 3.05) is 57.0 Å². The summed E-state index contributed by atoms with van der Waals surface area (Å²) in [4.78, 5) is 29.2. The first-order valence-electron chi connectivity index (χ1n) is 11.7. The van der Waals surface area contributed by atoms with Gasteiger partial charge in [-0.2, -0.15) is 18.2 Å². The highest BCUT2D eigenvalue weighted by Gasteiger charge is 2.35. The molecule has 0 unspecified atom stereocenters. The molecule has 0 aromatic carbocycles. The summed E-state index contributed by atoms with van der Waals surface area (Å²) in [6, 6.07) is 0. The number of carbonyl (C=O) groups is 1.